The van der Waals surface area contributed by atoms with Crippen molar-refractivity contribution >= 4 is 35.2 Å². The maximum absolute atomic E-state index is 14.6. The number of amides is 2. The Labute approximate surface area is 237 Å². The Morgan fingerprint density at radius 1 is 1.07 bits per heavy atom. The number of nitrogens with zero attached hydrogens (tertiary/aromatic N) is 2. The molecule has 1 unspecified atom stereocenters. The standard InChI is InChI=1S/C31H32N2O6S/c1-38-23-13-11-21(12-14-23)32-16-7-15-31-26(25-24(40-31)10-5-6-17-39-30(25)37)28(35)33(27(31)29(32)36)22(19-34)18-20-8-3-2-4-9-20/h2-5,7-15,22,24-27,34H,6,16-19H2,1H3/t22-,24+,25-,26+,27?,31+/m1/s1. The molecule has 2 aromatic carbocycles. The van der Waals surface area contributed by atoms with Crippen LogP contribution in [0.25, 0.3) is 0 Å². The van der Waals surface area contributed by atoms with E-state index in [1.54, 1.807) is 29.0 Å². The van der Waals surface area contributed by atoms with E-state index in [2.05, 4.69) is 0 Å². The van der Waals surface area contributed by atoms with Gasteiger partial charge >= 0.3 is 5.97 Å². The number of rotatable bonds is 6. The molecule has 9 heteroatoms. The fraction of sp³-hybridized carbons (Fsp3) is 0.387. The molecular formula is C31H32N2O6S. The molecule has 2 saturated heterocycles. The molecule has 40 heavy (non-hydrogen) atoms. The highest BCUT2D eigenvalue weighted by Crippen LogP contribution is 2.61. The molecule has 4 aliphatic heterocycles. The summed E-state index contributed by atoms with van der Waals surface area (Å²) in [7, 11) is 1.59. The average molecular weight is 561 g/mol. The molecule has 6 rings (SSSR count). The van der Waals surface area contributed by atoms with Gasteiger partial charge < -0.3 is 24.4 Å². The number of anilines is 1. The first-order chi connectivity index (χ1) is 19.5. The summed E-state index contributed by atoms with van der Waals surface area (Å²) in [5, 5.41) is 10.3. The van der Waals surface area contributed by atoms with E-state index in [1.165, 1.54) is 11.8 Å². The number of carbonyl (C=O) groups is 3. The number of thioether (sulfide) groups is 1. The zero-order valence-electron chi connectivity index (χ0n) is 22.2. The highest BCUT2D eigenvalue weighted by atomic mass is 32.2. The molecule has 208 valence electrons. The molecule has 0 aromatic heterocycles. The third kappa shape index (κ3) is 4.32. The number of cyclic esters (lactones) is 1. The van der Waals surface area contributed by atoms with Crippen molar-refractivity contribution in [3.05, 3.63) is 84.5 Å². The first kappa shape index (κ1) is 26.7. The minimum Gasteiger partial charge on any atom is -0.497 e. The van der Waals surface area contributed by atoms with Gasteiger partial charge in [0, 0.05) is 17.5 Å². The number of ether oxygens (including phenoxy) is 2. The molecule has 0 radical (unpaired) electrons. The van der Waals surface area contributed by atoms with Gasteiger partial charge in [0.1, 0.15) is 11.8 Å². The number of esters is 1. The smallest absolute Gasteiger partial charge is 0.311 e. The number of likely N-dealkylation sites (tertiary alicyclic amines) is 1. The van der Waals surface area contributed by atoms with Gasteiger partial charge in [0.25, 0.3) is 5.91 Å². The van der Waals surface area contributed by atoms with E-state index in [9.17, 15) is 19.5 Å². The lowest BCUT2D eigenvalue weighted by molar-refractivity contribution is -0.153. The monoisotopic (exact) mass is 560 g/mol. The molecule has 8 nitrogen and oxygen atoms in total. The maximum atomic E-state index is 14.6. The third-order valence-corrected chi connectivity index (χ3v) is 10.1. The van der Waals surface area contributed by atoms with E-state index in [0.717, 1.165) is 5.56 Å². The molecular weight excluding hydrogens is 528 g/mol. The summed E-state index contributed by atoms with van der Waals surface area (Å²) in [5.41, 5.74) is 1.63. The fourth-order valence-corrected chi connectivity index (χ4v) is 8.56. The molecule has 1 N–H and O–H groups in total. The van der Waals surface area contributed by atoms with E-state index in [1.807, 2.05) is 66.8 Å². The van der Waals surface area contributed by atoms with Crippen molar-refractivity contribution in [3.8, 4) is 5.75 Å². The van der Waals surface area contributed by atoms with Crippen molar-refractivity contribution in [1.29, 1.82) is 0 Å². The number of aliphatic hydroxyl groups is 1. The lowest BCUT2D eigenvalue weighted by atomic mass is 9.78. The molecule has 0 aliphatic carbocycles. The molecule has 0 bridgehead atoms. The van der Waals surface area contributed by atoms with Crippen molar-refractivity contribution < 1.29 is 29.0 Å². The summed E-state index contributed by atoms with van der Waals surface area (Å²) in [6.45, 7) is 0.261. The quantitative estimate of drug-likeness (QED) is 0.429. The summed E-state index contributed by atoms with van der Waals surface area (Å²) in [4.78, 5) is 45.7. The lowest BCUT2D eigenvalue weighted by Gasteiger charge is -2.38. The van der Waals surface area contributed by atoms with Crippen LogP contribution in [0.5, 0.6) is 5.75 Å². The Morgan fingerprint density at radius 2 is 1.85 bits per heavy atom. The van der Waals surface area contributed by atoms with Crippen LogP contribution >= 0.6 is 11.8 Å². The summed E-state index contributed by atoms with van der Waals surface area (Å²) < 4.78 is 9.88. The summed E-state index contributed by atoms with van der Waals surface area (Å²) >= 11 is 1.50. The number of fused-ring (bicyclic) bond motifs is 2. The number of methoxy groups -OCH3 is 1. The van der Waals surface area contributed by atoms with Crippen molar-refractivity contribution in [2.45, 2.75) is 34.9 Å². The largest absolute Gasteiger partial charge is 0.497 e. The molecule has 2 amide bonds. The first-order valence-electron chi connectivity index (χ1n) is 13.6. The predicted molar refractivity (Wildman–Crippen MR) is 152 cm³/mol. The molecule has 2 aromatic rings. The second kappa shape index (κ2) is 10.8. The van der Waals surface area contributed by atoms with E-state index < -0.39 is 34.6 Å². The highest BCUT2D eigenvalue weighted by molar-refractivity contribution is 8.02. The summed E-state index contributed by atoms with van der Waals surface area (Å²) in [5.74, 6) is -1.77. The van der Waals surface area contributed by atoms with Crippen LogP contribution in [0.1, 0.15) is 12.0 Å². The number of hydrogen-bond donors (Lipinski definition) is 1. The zero-order chi connectivity index (χ0) is 27.9. The third-order valence-electron chi connectivity index (χ3n) is 8.36. The Hall–Kier alpha value is -3.56. The van der Waals surface area contributed by atoms with Gasteiger partial charge in [-0.05, 0) is 42.7 Å². The number of carbonyl (C=O) groups excluding carboxylic acids is 3. The minimum absolute atomic E-state index is 0.239. The van der Waals surface area contributed by atoms with Gasteiger partial charge in [-0.1, -0.05) is 54.6 Å². The van der Waals surface area contributed by atoms with Crippen LogP contribution < -0.4 is 9.64 Å². The Morgan fingerprint density at radius 3 is 2.58 bits per heavy atom. The van der Waals surface area contributed by atoms with Gasteiger partial charge in [-0.25, -0.2) is 0 Å². The highest BCUT2D eigenvalue weighted by Gasteiger charge is 2.71. The van der Waals surface area contributed by atoms with E-state index in [-0.39, 0.29) is 30.3 Å². The van der Waals surface area contributed by atoms with Crippen molar-refractivity contribution in [2.24, 2.45) is 11.8 Å². The van der Waals surface area contributed by atoms with Gasteiger partial charge in [-0.2, -0.15) is 0 Å². The van der Waals surface area contributed by atoms with Crippen LogP contribution in [0.2, 0.25) is 0 Å². The Kier molecular flexibility index (Phi) is 7.18. The van der Waals surface area contributed by atoms with Crippen LogP contribution in [0.3, 0.4) is 0 Å². The molecule has 2 fully saturated rings. The first-order valence-corrected chi connectivity index (χ1v) is 14.5. The molecule has 4 heterocycles. The van der Waals surface area contributed by atoms with Gasteiger partial charge in [0.15, 0.2) is 0 Å². The molecule has 1 spiro atoms. The van der Waals surface area contributed by atoms with E-state index >= 15 is 0 Å². The Balaban J connectivity index is 1.46. The van der Waals surface area contributed by atoms with Crippen molar-refractivity contribution in [2.75, 3.05) is 31.8 Å². The van der Waals surface area contributed by atoms with Crippen LogP contribution in [0.15, 0.2) is 78.9 Å². The SMILES string of the molecule is COc1ccc(N2CC=C[C@]34S[C@H]5C=CCCOC(=O)[C@H]5[C@H]3C(=O)N([C@@H](CO)Cc3ccccc3)C4C2=O)cc1. The minimum atomic E-state index is -0.984. The van der Waals surface area contributed by atoms with Gasteiger partial charge in [-0.15, -0.1) is 11.8 Å². The van der Waals surface area contributed by atoms with Crippen molar-refractivity contribution in [3.63, 3.8) is 0 Å². The topological polar surface area (TPSA) is 96.4 Å². The molecule has 4 aliphatic rings. The number of benzene rings is 2. The van der Waals surface area contributed by atoms with Crippen LogP contribution in [0, 0.1) is 11.8 Å². The second-order valence-electron chi connectivity index (χ2n) is 10.5. The zero-order valence-corrected chi connectivity index (χ0v) is 23.0. The van der Waals surface area contributed by atoms with Gasteiger partial charge in [0.2, 0.25) is 5.91 Å². The Bertz CT molecular complexity index is 1350. The normalized spacial score (nSPS) is 30.1. The fourth-order valence-electron chi connectivity index (χ4n) is 6.57. The van der Waals surface area contributed by atoms with Gasteiger partial charge in [-0.3, -0.25) is 14.4 Å². The lowest BCUT2D eigenvalue weighted by Crippen LogP contribution is -2.57. The maximum Gasteiger partial charge on any atom is 0.311 e. The molecule has 0 saturated carbocycles. The second-order valence-corrected chi connectivity index (χ2v) is 12.0. The summed E-state index contributed by atoms with van der Waals surface area (Å²) in [6.07, 6.45) is 8.87. The van der Waals surface area contributed by atoms with Crippen LogP contribution in [-0.2, 0) is 25.5 Å². The summed E-state index contributed by atoms with van der Waals surface area (Å²) in [6, 6.07) is 15.3. The van der Waals surface area contributed by atoms with Crippen LogP contribution in [-0.4, -0.2) is 76.7 Å². The molecule has 6 atom stereocenters. The van der Waals surface area contributed by atoms with E-state index in [0.29, 0.717) is 30.8 Å². The van der Waals surface area contributed by atoms with Crippen LogP contribution in [0.4, 0.5) is 5.69 Å². The average Bonchev–Trinajstić information content (AvgIpc) is 3.35. The predicted octanol–water partition coefficient (Wildman–Crippen LogP) is 3.00. The number of hydrogen-bond acceptors (Lipinski definition) is 7. The van der Waals surface area contributed by atoms with Gasteiger partial charge in [0.05, 0.1) is 42.9 Å². The van der Waals surface area contributed by atoms with Crippen molar-refractivity contribution in [1.82, 2.24) is 4.90 Å². The van der Waals surface area contributed by atoms with E-state index in [4.69, 9.17) is 9.47 Å². The number of aliphatic hydroxyl groups excluding tert-OH is 1.